The van der Waals surface area contributed by atoms with Gasteiger partial charge >= 0.3 is 0 Å². The van der Waals surface area contributed by atoms with Crippen LogP contribution in [0.3, 0.4) is 0 Å². The van der Waals surface area contributed by atoms with Crippen molar-refractivity contribution >= 4 is 34.9 Å². The fourth-order valence-corrected chi connectivity index (χ4v) is 4.91. The van der Waals surface area contributed by atoms with E-state index in [4.69, 9.17) is 0 Å². The van der Waals surface area contributed by atoms with Gasteiger partial charge in [0.1, 0.15) is 11.6 Å². The van der Waals surface area contributed by atoms with Crippen LogP contribution < -0.4 is 0 Å². The van der Waals surface area contributed by atoms with Gasteiger partial charge in [-0.2, -0.15) is 0 Å². The Balaban J connectivity index is 1.41. The summed E-state index contributed by atoms with van der Waals surface area (Å²) in [7, 11) is 4.08. The smallest absolute Gasteiger partial charge is 0.293 e. The molecule has 0 radical (unpaired) electrons. The predicted molar refractivity (Wildman–Crippen MR) is 135 cm³/mol. The third-order valence-corrected chi connectivity index (χ3v) is 7.08. The normalized spacial score (nSPS) is 18.1. The van der Waals surface area contributed by atoms with Crippen molar-refractivity contribution in [2.45, 2.75) is 6.54 Å². The summed E-state index contributed by atoms with van der Waals surface area (Å²) in [6.45, 7) is 4.59. The van der Waals surface area contributed by atoms with Crippen LogP contribution in [-0.2, 0) is 11.3 Å². The average molecular weight is 515 g/mol. The fraction of sp³-hybridized carbons (Fsp3) is 0.346. The first kappa shape index (κ1) is 26.0. The van der Waals surface area contributed by atoms with E-state index < -0.39 is 22.8 Å². The number of carbonyl (C=O) groups excluding carboxylic acids is 3. The van der Waals surface area contributed by atoms with E-state index in [0.717, 1.165) is 55.0 Å². The molecule has 0 aliphatic carbocycles. The van der Waals surface area contributed by atoms with E-state index in [9.17, 15) is 23.2 Å². The van der Waals surface area contributed by atoms with Gasteiger partial charge in [-0.1, -0.05) is 18.2 Å². The van der Waals surface area contributed by atoms with Crippen LogP contribution in [-0.4, -0.2) is 90.0 Å². The van der Waals surface area contributed by atoms with Crippen molar-refractivity contribution in [2.24, 2.45) is 0 Å². The lowest BCUT2D eigenvalue weighted by Gasteiger charge is -2.35. The van der Waals surface area contributed by atoms with Crippen molar-refractivity contribution in [3.05, 3.63) is 75.7 Å². The lowest BCUT2D eigenvalue weighted by atomic mass is 10.1. The summed E-state index contributed by atoms with van der Waals surface area (Å²) in [5.74, 6) is -2.18. The zero-order valence-corrected chi connectivity index (χ0v) is 21.1. The second kappa shape index (κ2) is 11.3. The van der Waals surface area contributed by atoms with Crippen LogP contribution in [0.15, 0.2) is 47.4 Å². The molecule has 4 rings (SSSR count). The number of halogens is 2. The maximum Gasteiger partial charge on any atom is 0.293 e. The molecule has 2 aromatic rings. The number of benzene rings is 2. The molecule has 2 aliphatic rings. The Kier molecular flexibility index (Phi) is 8.17. The van der Waals surface area contributed by atoms with Gasteiger partial charge in [0.15, 0.2) is 0 Å². The Labute approximate surface area is 213 Å². The predicted octanol–water partition coefficient (Wildman–Crippen LogP) is 3.52. The Morgan fingerprint density at radius 2 is 1.81 bits per heavy atom. The highest BCUT2D eigenvalue weighted by Crippen LogP contribution is 2.33. The number of thioether (sulfide) groups is 1. The molecule has 0 bridgehead atoms. The van der Waals surface area contributed by atoms with Gasteiger partial charge in [0, 0.05) is 56.5 Å². The maximum absolute atomic E-state index is 14.0. The molecule has 10 heteroatoms. The first-order chi connectivity index (χ1) is 17.2. The van der Waals surface area contributed by atoms with Crippen LogP contribution in [0.1, 0.15) is 21.5 Å². The first-order valence-electron chi connectivity index (χ1n) is 11.7. The molecular formula is C26H28F2N4O3S. The number of rotatable bonds is 7. The molecule has 0 atom stereocenters. The topological polar surface area (TPSA) is 64.2 Å². The highest BCUT2D eigenvalue weighted by Gasteiger charge is 2.35. The van der Waals surface area contributed by atoms with Crippen molar-refractivity contribution in [1.29, 1.82) is 0 Å². The molecule has 0 saturated carbocycles. The van der Waals surface area contributed by atoms with Gasteiger partial charge in [0.2, 0.25) is 0 Å². The van der Waals surface area contributed by atoms with E-state index in [1.54, 1.807) is 30.3 Å². The van der Waals surface area contributed by atoms with Crippen LogP contribution in [0.5, 0.6) is 0 Å². The number of imide groups is 1. The van der Waals surface area contributed by atoms with Gasteiger partial charge in [-0.25, -0.2) is 8.78 Å². The van der Waals surface area contributed by atoms with Crippen LogP contribution in [0.4, 0.5) is 13.6 Å². The van der Waals surface area contributed by atoms with E-state index in [1.807, 2.05) is 19.0 Å². The van der Waals surface area contributed by atoms with Crippen molar-refractivity contribution in [2.75, 3.05) is 53.4 Å². The zero-order valence-electron chi connectivity index (χ0n) is 20.2. The molecule has 190 valence electrons. The van der Waals surface area contributed by atoms with Crippen molar-refractivity contribution in [3.8, 4) is 0 Å². The number of carbonyl (C=O) groups is 3. The van der Waals surface area contributed by atoms with E-state index in [1.165, 1.54) is 6.07 Å². The SMILES string of the molecule is CN(C)CCN1CCN(C(=O)c2cccc(C=C3SC(=O)N(Cc4ccc(F)cc4F)C3=O)c2)CC1. The van der Waals surface area contributed by atoms with Crippen LogP contribution in [0.25, 0.3) is 6.08 Å². The molecule has 7 nitrogen and oxygen atoms in total. The third kappa shape index (κ3) is 6.18. The summed E-state index contributed by atoms with van der Waals surface area (Å²) in [6.07, 6.45) is 1.56. The molecule has 0 unspecified atom stereocenters. The second-order valence-corrected chi connectivity index (χ2v) is 10.1. The zero-order chi connectivity index (χ0) is 25.8. The molecule has 36 heavy (non-hydrogen) atoms. The molecule has 2 heterocycles. The molecule has 3 amide bonds. The largest absolute Gasteiger partial charge is 0.336 e. The van der Waals surface area contributed by atoms with Gasteiger partial charge in [-0.05, 0) is 55.7 Å². The van der Waals surface area contributed by atoms with Gasteiger partial charge in [-0.3, -0.25) is 24.2 Å². The Morgan fingerprint density at radius 3 is 2.50 bits per heavy atom. The van der Waals surface area contributed by atoms with Crippen LogP contribution in [0, 0.1) is 11.6 Å². The van der Waals surface area contributed by atoms with Gasteiger partial charge in [-0.15, -0.1) is 0 Å². The average Bonchev–Trinajstić information content (AvgIpc) is 3.11. The minimum absolute atomic E-state index is 0.0503. The summed E-state index contributed by atoms with van der Waals surface area (Å²) < 4.78 is 27.2. The summed E-state index contributed by atoms with van der Waals surface area (Å²) in [5.41, 5.74) is 1.18. The van der Waals surface area contributed by atoms with Gasteiger partial charge in [0.05, 0.1) is 11.4 Å². The van der Waals surface area contributed by atoms with E-state index in [-0.39, 0.29) is 22.9 Å². The Hall–Kier alpha value is -3.08. The summed E-state index contributed by atoms with van der Waals surface area (Å²) in [4.78, 5) is 45.7. The number of piperazine rings is 1. The maximum atomic E-state index is 14.0. The summed E-state index contributed by atoms with van der Waals surface area (Å²) in [5, 5.41) is -0.533. The highest BCUT2D eigenvalue weighted by atomic mass is 32.2. The molecule has 0 spiro atoms. The van der Waals surface area contributed by atoms with Gasteiger partial charge in [0.25, 0.3) is 17.1 Å². The lowest BCUT2D eigenvalue weighted by molar-refractivity contribution is -0.123. The van der Waals surface area contributed by atoms with Crippen molar-refractivity contribution in [1.82, 2.24) is 19.6 Å². The number of amides is 3. The number of hydrogen-bond acceptors (Lipinski definition) is 6. The fourth-order valence-electron chi connectivity index (χ4n) is 4.07. The third-order valence-electron chi connectivity index (χ3n) is 6.17. The Morgan fingerprint density at radius 1 is 1.06 bits per heavy atom. The van der Waals surface area contributed by atoms with Crippen LogP contribution in [0.2, 0.25) is 0 Å². The number of hydrogen-bond donors (Lipinski definition) is 0. The minimum Gasteiger partial charge on any atom is -0.336 e. The summed E-state index contributed by atoms with van der Waals surface area (Å²) >= 11 is 0.752. The summed E-state index contributed by atoms with van der Waals surface area (Å²) in [6, 6.07) is 9.95. The molecule has 0 N–H and O–H groups in total. The second-order valence-electron chi connectivity index (χ2n) is 9.07. The van der Waals surface area contributed by atoms with Crippen LogP contribution >= 0.6 is 11.8 Å². The number of nitrogens with zero attached hydrogens (tertiary/aromatic N) is 4. The van der Waals surface area contributed by atoms with E-state index in [2.05, 4.69) is 9.80 Å². The lowest BCUT2D eigenvalue weighted by Crippen LogP contribution is -2.49. The minimum atomic E-state index is -0.817. The molecule has 2 saturated heterocycles. The molecular weight excluding hydrogens is 486 g/mol. The van der Waals surface area contributed by atoms with Gasteiger partial charge < -0.3 is 9.80 Å². The Bertz CT molecular complexity index is 1200. The molecule has 0 aromatic heterocycles. The standard InChI is InChI=1S/C26H28F2N4O3S/c1-29(2)8-9-30-10-12-31(13-11-30)24(33)19-5-3-4-18(14-19)15-23-25(34)32(26(35)36-23)17-20-6-7-21(27)16-22(20)28/h3-7,14-16H,8-13,17H2,1-2H3. The van der Waals surface area contributed by atoms with E-state index >= 15 is 0 Å². The van der Waals surface area contributed by atoms with Crippen molar-refractivity contribution < 1.29 is 23.2 Å². The van der Waals surface area contributed by atoms with E-state index in [0.29, 0.717) is 24.2 Å². The number of likely N-dealkylation sites (N-methyl/N-ethyl adjacent to an activating group) is 1. The first-order valence-corrected chi connectivity index (χ1v) is 12.5. The molecule has 2 fully saturated rings. The molecule has 2 aliphatic heterocycles. The quantitative estimate of drug-likeness (QED) is 0.527. The monoisotopic (exact) mass is 514 g/mol. The molecule has 2 aromatic carbocycles. The van der Waals surface area contributed by atoms with Crippen molar-refractivity contribution in [3.63, 3.8) is 0 Å². The highest BCUT2D eigenvalue weighted by molar-refractivity contribution is 8.18.